The van der Waals surface area contributed by atoms with Crippen molar-refractivity contribution in [2.24, 2.45) is 5.92 Å². The third-order valence-corrected chi connectivity index (χ3v) is 5.03. The number of carbonyl (C=O) groups is 1. The molecule has 1 amide bonds. The molecule has 104 valence electrons. The summed E-state index contributed by atoms with van der Waals surface area (Å²) in [6.45, 7) is 9.29. The van der Waals surface area contributed by atoms with E-state index in [2.05, 4.69) is 24.1 Å². The van der Waals surface area contributed by atoms with Crippen molar-refractivity contribution in [3.8, 4) is 0 Å². The van der Waals surface area contributed by atoms with Gasteiger partial charge in [-0.15, -0.1) is 0 Å². The van der Waals surface area contributed by atoms with Gasteiger partial charge in [0.1, 0.15) is 0 Å². The molecule has 0 spiro atoms. The molecule has 2 aliphatic heterocycles. The van der Waals surface area contributed by atoms with E-state index in [0.717, 1.165) is 26.2 Å². The number of hydrogen-bond acceptors (Lipinski definition) is 4. The normalized spacial score (nSPS) is 27.8. The SMILES string of the molecule is CCC(C)C1NCN(CCN2CCSCC2)C1=O. The Bertz CT molecular complexity index is 281. The Balaban J connectivity index is 1.75. The van der Waals surface area contributed by atoms with Crippen molar-refractivity contribution in [2.45, 2.75) is 26.3 Å². The van der Waals surface area contributed by atoms with E-state index in [0.29, 0.717) is 11.8 Å². The zero-order valence-corrected chi connectivity index (χ0v) is 12.3. The molecule has 2 fully saturated rings. The second-order valence-corrected chi connectivity index (χ2v) is 6.51. The molecule has 2 heterocycles. The number of amides is 1. The first-order valence-corrected chi connectivity index (χ1v) is 8.20. The molecule has 0 aliphatic carbocycles. The average Bonchev–Trinajstić information content (AvgIpc) is 2.78. The number of hydrogen-bond donors (Lipinski definition) is 1. The summed E-state index contributed by atoms with van der Waals surface area (Å²) in [6.07, 6.45) is 1.06. The highest BCUT2D eigenvalue weighted by atomic mass is 32.2. The minimum atomic E-state index is 0.0481. The second kappa shape index (κ2) is 6.78. The predicted molar refractivity (Wildman–Crippen MR) is 76.7 cm³/mol. The van der Waals surface area contributed by atoms with Crippen molar-refractivity contribution >= 4 is 17.7 Å². The summed E-state index contributed by atoms with van der Waals surface area (Å²) in [7, 11) is 0. The molecule has 0 aromatic heterocycles. The summed E-state index contributed by atoms with van der Waals surface area (Å²) in [6, 6.07) is 0.0481. The van der Waals surface area contributed by atoms with E-state index in [-0.39, 0.29) is 6.04 Å². The van der Waals surface area contributed by atoms with Crippen LogP contribution < -0.4 is 5.32 Å². The molecule has 0 saturated carbocycles. The fourth-order valence-corrected chi connectivity index (χ4v) is 3.51. The Morgan fingerprint density at radius 1 is 1.39 bits per heavy atom. The molecule has 0 aromatic rings. The molecule has 2 atom stereocenters. The van der Waals surface area contributed by atoms with E-state index in [9.17, 15) is 4.79 Å². The van der Waals surface area contributed by atoms with Gasteiger partial charge in [0.25, 0.3) is 0 Å². The van der Waals surface area contributed by atoms with E-state index >= 15 is 0 Å². The third kappa shape index (κ3) is 3.39. The lowest BCUT2D eigenvalue weighted by Gasteiger charge is -2.28. The Hall–Kier alpha value is -0.260. The molecule has 2 rings (SSSR count). The van der Waals surface area contributed by atoms with Crippen molar-refractivity contribution in [3.05, 3.63) is 0 Å². The van der Waals surface area contributed by atoms with Crippen molar-refractivity contribution in [1.82, 2.24) is 15.1 Å². The molecule has 2 unspecified atom stereocenters. The quantitative estimate of drug-likeness (QED) is 0.804. The fraction of sp³-hybridized carbons (Fsp3) is 0.923. The summed E-state index contributed by atoms with van der Waals surface area (Å²) in [5.41, 5.74) is 0. The molecule has 5 heteroatoms. The summed E-state index contributed by atoms with van der Waals surface area (Å²) in [4.78, 5) is 16.7. The highest BCUT2D eigenvalue weighted by Crippen LogP contribution is 2.15. The van der Waals surface area contributed by atoms with Crippen LogP contribution in [0.25, 0.3) is 0 Å². The first-order valence-electron chi connectivity index (χ1n) is 7.04. The Kier molecular flexibility index (Phi) is 5.33. The number of thioether (sulfide) groups is 1. The van der Waals surface area contributed by atoms with Crippen molar-refractivity contribution in [3.63, 3.8) is 0 Å². The lowest BCUT2D eigenvalue weighted by Crippen LogP contribution is -2.41. The zero-order chi connectivity index (χ0) is 13.0. The average molecular weight is 271 g/mol. The Morgan fingerprint density at radius 2 is 2.11 bits per heavy atom. The Morgan fingerprint density at radius 3 is 2.78 bits per heavy atom. The molecule has 1 N–H and O–H groups in total. The smallest absolute Gasteiger partial charge is 0.241 e. The van der Waals surface area contributed by atoms with E-state index in [1.165, 1.54) is 24.6 Å². The van der Waals surface area contributed by atoms with Gasteiger partial charge in [0.05, 0.1) is 12.7 Å². The number of nitrogens with zero attached hydrogens (tertiary/aromatic N) is 2. The first kappa shape index (κ1) is 14.2. The molecule has 0 aromatic carbocycles. The van der Waals surface area contributed by atoms with Gasteiger partial charge in [-0.2, -0.15) is 11.8 Å². The van der Waals surface area contributed by atoms with Crippen molar-refractivity contribution < 1.29 is 4.79 Å². The lowest BCUT2D eigenvalue weighted by molar-refractivity contribution is -0.130. The van der Waals surface area contributed by atoms with Gasteiger partial charge < -0.3 is 4.90 Å². The highest BCUT2D eigenvalue weighted by Gasteiger charge is 2.33. The number of carbonyl (C=O) groups excluding carboxylic acids is 1. The third-order valence-electron chi connectivity index (χ3n) is 4.08. The van der Waals surface area contributed by atoms with Crippen LogP contribution in [-0.4, -0.2) is 66.1 Å². The largest absolute Gasteiger partial charge is 0.327 e. The molecule has 0 radical (unpaired) electrons. The van der Waals surface area contributed by atoms with Gasteiger partial charge in [-0.3, -0.25) is 15.0 Å². The van der Waals surface area contributed by atoms with Crippen LogP contribution >= 0.6 is 11.8 Å². The summed E-state index contributed by atoms with van der Waals surface area (Å²) >= 11 is 2.03. The number of nitrogens with one attached hydrogen (secondary N) is 1. The molecule has 4 nitrogen and oxygen atoms in total. The maximum atomic E-state index is 12.2. The molecule has 18 heavy (non-hydrogen) atoms. The van der Waals surface area contributed by atoms with Crippen LogP contribution in [-0.2, 0) is 4.79 Å². The van der Waals surface area contributed by atoms with Crippen molar-refractivity contribution in [2.75, 3.05) is 44.4 Å². The van der Waals surface area contributed by atoms with Crippen LogP contribution in [0.5, 0.6) is 0 Å². The van der Waals surface area contributed by atoms with Crippen LogP contribution in [0, 0.1) is 5.92 Å². The van der Waals surface area contributed by atoms with E-state index in [1.807, 2.05) is 16.7 Å². The van der Waals surface area contributed by atoms with Gasteiger partial charge in [-0.25, -0.2) is 0 Å². The summed E-state index contributed by atoms with van der Waals surface area (Å²) in [5, 5.41) is 3.35. The van der Waals surface area contributed by atoms with E-state index in [4.69, 9.17) is 0 Å². The molecule has 2 saturated heterocycles. The standard InChI is InChI=1S/C13H25N3OS/c1-3-11(2)12-13(17)16(10-14-12)5-4-15-6-8-18-9-7-15/h11-12,14H,3-10H2,1-2H3. The van der Waals surface area contributed by atoms with E-state index in [1.54, 1.807) is 0 Å². The first-order chi connectivity index (χ1) is 8.72. The Labute approximate surface area is 114 Å². The van der Waals surface area contributed by atoms with E-state index < -0.39 is 0 Å². The fourth-order valence-electron chi connectivity index (χ4n) is 2.53. The van der Waals surface area contributed by atoms with Gasteiger partial charge in [0, 0.05) is 37.7 Å². The summed E-state index contributed by atoms with van der Waals surface area (Å²) in [5.74, 6) is 3.22. The van der Waals surface area contributed by atoms with Crippen LogP contribution in [0.3, 0.4) is 0 Å². The molecular weight excluding hydrogens is 246 g/mol. The lowest BCUT2D eigenvalue weighted by atomic mass is 9.99. The van der Waals surface area contributed by atoms with Crippen LogP contribution in [0.1, 0.15) is 20.3 Å². The van der Waals surface area contributed by atoms with Crippen LogP contribution in [0.2, 0.25) is 0 Å². The van der Waals surface area contributed by atoms with Gasteiger partial charge in [-0.05, 0) is 5.92 Å². The number of rotatable bonds is 5. The van der Waals surface area contributed by atoms with Crippen LogP contribution in [0.15, 0.2) is 0 Å². The van der Waals surface area contributed by atoms with Gasteiger partial charge in [0.2, 0.25) is 5.91 Å². The maximum absolute atomic E-state index is 12.2. The molecule has 0 bridgehead atoms. The van der Waals surface area contributed by atoms with Crippen molar-refractivity contribution in [1.29, 1.82) is 0 Å². The second-order valence-electron chi connectivity index (χ2n) is 5.28. The topological polar surface area (TPSA) is 35.6 Å². The maximum Gasteiger partial charge on any atom is 0.241 e. The van der Waals surface area contributed by atoms with Crippen LogP contribution in [0.4, 0.5) is 0 Å². The molecule has 2 aliphatic rings. The minimum Gasteiger partial charge on any atom is -0.327 e. The van der Waals surface area contributed by atoms with Gasteiger partial charge >= 0.3 is 0 Å². The highest BCUT2D eigenvalue weighted by molar-refractivity contribution is 7.99. The van der Waals surface area contributed by atoms with Gasteiger partial charge in [-0.1, -0.05) is 20.3 Å². The zero-order valence-electron chi connectivity index (χ0n) is 11.5. The molecular formula is C13H25N3OS. The monoisotopic (exact) mass is 271 g/mol. The summed E-state index contributed by atoms with van der Waals surface area (Å²) < 4.78 is 0. The predicted octanol–water partition coefficient (Wildman–Crippen LogP) is 0.839. The minimum absolute atomic E-state index is 0.0481. The van der Waals surface area contributed by atoms with Gasteiger partial charge in [0.15, 0.2) is 0 Å².